The van der Waals surface area contributed by atoms with Crippen LogP contribution < -0.4 is 0 Å². The second-order valence-corrected chi connectivity index (χ2v) is 4.78. The molecule has 1 unspecified atom stereocenters. The standard InChI is InChI=1S/C17H21NO/c1-3-13-9-10-15(18-12-13)11-17(19)16-8-6-5-7-14(16)4-2/h5-10,12,17,19H,3-4,11H2,1-2H3. The first-order chi connectivity index (χ1) is 9.24. The fraction of sp³-hybridized carbons (Fsp3) is 0.353. The molecule has 0 fully saturated rings. The highest BCUT2D eigenvalue weighted by Gasteiger charge is 2.12. The monoisotopic (exact) mass is 255 g/mol. The normalized spacial score (nSPS) is 12.4. The van der Waals surface area contributed by atoms with Gasteiger partial charge in [0.1, 0.15) is 0 Å². The molecule has 1 atom stereocenters. The van der Waals surface area contributed by atoms with E-state index in [1.165, 1.54) is 11.1 Å². The zero-order valence-electron chi connectivity index (χ0n) is 11.6. The van der Waals surface area contributed by atoms with Crippen LogP contribution in [-0.2, 0) is 19.3 Å². The third-order valence-electron chi connectivity index (χ3n) is 3.49. The van der Waals surface area contributed by atoms with E-state index in [9.17, 15) is 5.11 Å². The van der Waals surface area contributed by atoms with Gasteiger partial charge >= 0.3 is 0 Å². The van der Waals surface area contributed by atoms with E-state index in [1.807, 2.05) is 30.5 Å². The van der Waals surface area contributed by atoms with Crippen molar-refractivity contribution in [1.29, 1.82) is 0 Å². The van der Waals surface area contributed by atoms with Gasteiger partial charge in [0, 0.05) is 18.3 Å². The number of nitrogens with zero attached hydrogens (tertiary/aromatic N) is 1. The van der Waals surface area contributed by atoms with Crippen molar-refractivity contribution >= 4 is 0 Å². The van der Waals surface area contributed by atoms with Crippen LogP contribution in [0.5, 0.6) is 0 Å². The number of aliphatic hydroxyl groups is 1. The first-order valence-corrected chi connectivity index (χ1v) is 6.94. The lowest BCUT2D eigenvalue weighted by molar-refractivity contribution is 0.176. The van der Waals surface area contributed by atoms with Gasteiger partial charge in [0.25, 0.3) is 0 Å². The molecule has 1 N–H and O–H groups in total. The van der Waals surface area contributed by atoms with Gasteiger partial charge in [-0.15, -0.1) is 0 Å². The lowest BCUT2D eigenvalue weighted by Gasteiger charge is -2.14. The third kappa shape index (κ3) is 3.42. The highest BCUT2D eigenvalue weighted by molar-refractivity contribution is 5.30. The molecule has 0 saturated carbocycles. The smallest absolute Gasteiger partial charge is 0.0848 e. The highest BCUT2D eigenvalue weighted by Crippen LogP contribution is 2.21. The molecule has 2 rings (SSSR count). The Morgan fingerprint density at radius 1 is 1.05 bits per heavy atom. The van der Waals surface area contributed by atoms with Gasteiger partial charge in [0.15, 0.2) is 0 Å². The Bertz CT molecular complexity index is 519. The number of aryl methyl sites for hydroxylation is 2. The molecule has 2 nitrogen and oxygen atoms in total. The molecule has 0 bridgehead atoms. The van der Waals surface area contributed by atoms with Crippen molar-refractivity contribution in [3.05, 3.63) is 65.0 Å². The van der Waals surface area contributed by atoms with Crippen LogP contribution in [0.2, 0.25) is 0 Å². The average molecular weight is 255 g/mol. The SMILES string of the molecule is CCc1ccc(CC(O)c2ccccc2CC)nc1. The number of benzene rings is 1. The van der Waals surface area contributed by atoms with E-state index < -0.39 is 6.10 Å². The maximum Gasteiger partial charge on any atom is 0.0848 e. The first-order valence-electron chi connectivity index (χ1n) is 6.94. The minimum atomic E-state index is -0.476. The van der Waals surface area contributed by atoms with Gasteiger partial charge in [-0.05, 0) is 35.6 Å². The zero-order valence-corrected chi connectivity index (χ0v) is 11.6. The maximum atomic E-state index is 10.4. The van der Waals surface area contributed by atoms with Gasteiger partial charge in [-0.3, -0.25) is 4.98 Å². The Kier molecular flexibility index (Phi) is 4.69. The molecule has 1 aromatic carbocycles. The predicted octanol–water partition coefficient (Wildman–Crippen LogP) is 3.48. The topological polar surface area (TPSA) is 33.1 Å². The molecule has 0 aliphatic carbocycles. The molecule has 0 spiro atoms. The number of rotatable bonds is 5. The molecule has 0 aliphatic heterocycles. The van der Waals surface area contributed by atoms with Gasteiger partial charge in [-0.2, -0.15) is 0 Å². The lowest BCUT2D eigenvalue weighted by Crippen LogP contribution is -2.06. The molecule has 0 amide bonds. The van der Waals surface area contributed by atoms with Gasteiger partial charge in [-0.25, -0.2) is 0 Å². The van der Waals surface area contributed by atoms with E-state index >= 15 is 0 Å². The van der Waals surface area contributed by atoms with Crippen LogP contribution in [0.4, 0.5) is 0 Å². The molecule has 2 aromatic rings. The number of aromatic nitrogens is 1. The third-order valence-corrected chi connectivity index (χ3v) is 3.49. The molecular weight excluding hydrogens is 234 g/mol. The molecule has 0 radical (unpaired) electrons. The van der Waals surface area contributed by atoms with E-state index in [1.54, 1.807) is 0 Å². The Morgan fingerprint density at radius 3 is 2.47 bits per heavy atom. The maximum absolute atomic E-state index is 10.4. The van der Waals surface area contributed by atoms with Crippen LogP contribution in [0, 0.1) is 0 Å². The van der Waals surface area contributed by atoms with Crippen molar-refractivity contribution in [2.75, 3.05) is 0 Å². The summed E-state index contributed by atoms with van der Waals surface area (Å²) < 4.78 is 0. The second kappa shape index (κ2) is 6.48. The van der Waals surface area contributed by atoms with Gasteiger partial charge in [0.2, 0.25) is 0 Å². The highest BCUT2D eigenvalue weighted by atomic mass is 16.3. The summed E-state index contributed by atoms with van der Waals surface area (Å²) in [6, 6.07) is 12.2. The Hall–Kier alpha value is -1.67. The largest absolute Gasteiger partial charge is 0.388 e. The number of aliphatic hydroxyl groups excluding tert-OH is 1. The quantitative estimate of drug-likeness (QED) is 0.887. The second-order valence-electron chi connectivity index (χ2n) is 4.78. The van der Waals surface area contributed by atoms with Crippen LogP contribution in [0.25, 0.3) is 0 Å². The zero-order chi connectivity index (χ0) is 13.7. The predicted molar refractivity (Wildman–Crippen MR) is 78.1 cm³/mol. The summed E-state index contributed by atoms with van der Waals surface area (Å²) in [5, 5.41) is 10.4. The summed E-state index contributed by atoms with van der Waals surface area (Å²) in [6.45, 7) is 4.23. The number of pyridine rings is 1. The fourth-order valence-corrected chi connectivity index (χ4v) is 2.27. The van der Waals surface area contributed by atoms with Crippen molar-refractivity contribution in [3.63, 3.8) is 0 Å². The van der Waals surface area contributed by atoms with Gasteiger partial charge < -0.3 is 5.11 Å². The van der Waals surface area contributed by atoms with E-state index in [4.69, 9.17) is 0 Å². The summed E-state index contributed by atoms with van der Waals surface area (Å²) >= 11 is 0. The summed E-state index contributed by atoms with van der Waals surface area (Å²) in [4.78, 5) is 4.41. The van der Waals surface area contributed by atoms with Crippen LogP contribution in [-0.4, -0.2) is 10.1 Å². The van der Waals surface area contributed by atoms with Crippen molar-refractivity contribution in [2.24, 2.45) is 0 Å². The summed E-state index contributed by atoms with van der Waals surface area (Å²) in [6.07, 6.45) is 3.93. The molecule has 0 aliphatic rings. The van der Waals surface area contributed by atoms with Crippen LogP contribution in [0.1, 0.15) is 42.3 Å². The number of hydrogen-bond acceptors (Lipinski definition) is 2. The lowest BCUT2D eigenvalue weighted by atomic mass is 9.97. The van der Waals surface area contributed by atoms with Gasteiger partial charge in [-0.1, -0.05) is 44.2 Å². The van der Waals surface area contributed by atoms with E-state index in [0.29, 0.717) is 6.42 Å². The summed E-state index contributed by atoms with van der Waals surface area (Å²) in [5.74, 6) is 0. The summed E-state index contributed by atoms with van der Waals surface area (Å²) in [5.41, 5.74) is 4.40. The first kappa shape index (κ1) is 13.8. The molecule has 1 aromatic heterocycles. The Balaban J connectivity index is 2.13. The Morgan fingerprint density at radius 2 is 1.84 bits per heavy atom. The summed E-state index contributed by atoms with van der Waals surface area (Å²) in [7, 11) is 0. The van der Waals surface area contributed by atoms with Gasteiger partial charge in [0.05, 0.1) is 6.10 Å². The van der Waals surface area contributed by atoms with E-state index in [0.717, 1.165) is 24.1 Å². The minimum Gasteiger partial charge on any atom is -0.388 e. The van der Waals surface area contributed by atoms with Crippen molar-refractivity contribution in [1.82, 2.24) is 4.98 Å². The average Bonchev–Trinajstić information content (AvgIpc) is 2.48. The Labute approximate surface area is 115 Å². The van der Waals surface area contributed by atoms with E-state index in [-0.39, 0.29) is 0 Å². The van der Waals surface area contributed by atoms with Crippen LogP contribution >= 0.6 is 0 Å². The van der Waals surface area contributed by atoms with E-state index in [2.05, 4.69) is 31.0 Å². The molecule has 1 heterocycles. The molecule has 100 valence electrons. The van der Waals surface area contributed by atoms with Crippen molar-refractivity contribution < 1.29 is 5.11 Å². The van der Waals surface area contributed by atoms with Crippen molar-refractivity contribution in [3.8, 4) is 0 Å². The van der Waals surface area contributed by atoms with Crippen molar-refractivity contribution in [2.45, 2.75) is 39.2 Å². The minimum absolute atomic E-state index is 0.476. The molecule has 2 heteroatoms. The molecular formula is C17H21NO. The fourth-order valence-electron chi connectivity index (χ4n) is 2.27. The van der Waals surface area contributed by atoms with Crippen LogP contribution in [0.15, 0.2) is 42.6 Å². The molecule has 19 heavy (non-hydrogen) atoms. The number of hydrogen-bond donors (Lipinski definition) is 1. The molecule has 0 saturated heterocycles. The van der Waals surface area contributed by atoms with Crippen LogP contribution in [0.3, 0.4) is 0 Å².